The van der Waals surface area contributed by atoms with Gasteiger partial charge in [-0.2, -0.15) is 5.10 Å². The minimum absolute atomic E-state index is 0.0572. The van der Waals surface area contributed by atoms with Crippen LogP contribution in [0.4, 0.5) is 0 Å². The highest BCUT2D eigenvalue weighted by molar-refractivity contribution is 9.10. The molecule has 0 radical (unpaired) electrons. The normalized spacial score (nSPS) is 10.8. The molecule has 0 aliphatic heterocycles. The molecule has 0 aliphatic rings. The van der Waals surface area contributed by atoms with Crippen LogP contribution in [0.3, 0.4) is 0 Å². The Hall–Kier alpha value is -1.80. The number of terminal acetylenes is 1. The molecule has 0 bridgehead atoms. The van der Waals surface area contributed by atoms with Gasteiger partial charge in [-0.3, -0.25) is 4.79 Å². The number of carbonyl (C=O) groups excluding carboxylic acids is 1. The van der Waals surface area contributed by atoms with Gasteiger partial charge in [-0.05, 0) is 24.6 Å². The summed E-state index contributed by atoms with van der Waals surface area (Å²) in [4.78, 5) is 11.9. The number of carbonyl (C=O) groups is 1. The predicted molar refractivity (Wildman–Crippen MR) is 125 cm³/mol. The lowest BCUT2D eigenvalue weighted by Crippen LogP contribution is -2.17. The van der Waals surface area contributed by atoms with Crippen molar-refractivity contribution in [1.29, 1.82) is 0 Å². The lowest BCUT2D eigenvalue weighted by molar-refractivity contribution is -0.121. The van der Waals surface area contributed by atoms with Crippen LogP contribution in [0.2, 0.25) is 0 Å². The van der Waals surface area contributed by atoms with Gasteiger partial charge in [0.2, 0.25) is 5.91 Å². The topological polar surface area (TPSA) is 50.7 Å². The lowest BCUT2D eigenvalue weighted by atomic mass is 10.1. The molecule has 0 atom stereocenters. The largest absolute Gasteiger partial charge is 0.480 e. The number of ether oxygens (including phenoxy) is 1. The van der Waals surface area contributed by atoms with Crippen molar-refractivity contribution in [3.63, 3.8) is 0 Å². The molecule has 0 spiro atoms. The van der Waals surface area contributed by atoms with Crippen molar-refractivity contribution in [3.8, 4) is 18.1 Å². The van der Waals surface area contributed by atoms with Gasteiger partial charge >= 0.3 is 0 Å². The fourth-order valence-corrected chi connectivity index (χ4v) is 3.43. The molecule has 0 saturated carbocycles. The van der Waals surface area contributed by atoms with Gasteiger partial charge < -0.3 is 4.74 Å². The Balaban J connectivity index is 2.14. The zero-order valence-electron chi connectivity index (χ0n) is 17.7. The van der Waals surface area contributed by atoms with E-state index < -0.39 is 0 Å². The van der Waals surface area contributed by atoms with Crippen LogP contribution in [-0.2, 0) is 4.79 Å². The van der Waals surface area contributed by atoms with Crippen LogP contribution in [0, 0.1) is 12.3 Å². The Morgan fingerprint density at radius 1 is 1.10 bits per heavy atom. The molecule has 1 aromatic rings. The van der Waals surface area contributed by atoms with Crippen LogP contribution in [0.5, 0.6) is 5.75 Å². The summed E-state index contributed by atoms with van der Waals surface area (Å²) in [6, 6.07) is 5.55. The van der Waals surface area contributed by atoms with Gasteiger partial charge in [-0.15, -0.1) is 6.42 Å². The molecule has 0 saturated heterocycles. The smallest absolute Gasteiger partial charge is 0.240 e. The van der Waals surface area contributed by atoms with Crippen LogP contribution in [0.25, 0.3) is 0 Å². The number of halogens is 1. The van der Waals surface area contributed by atoms with E-state index in [4.69, 9.17) is 11.2 Å². The van der Waals surface area contributed by atoms with E-state index in [9.17, 15) is 4.79 Å². The van der Waals surface area contributed by atoms with Gasteiger partial charge in [0.1, 0.15) is 12.4 Å². The summed E-state index contributed by atoms with van der Waals surface area (Å²) in [5.41, 5.74) is 3.34. The fraction of sp³-hybridized carbons (Fsp3) is 0.583. The van der Waals surface area contributed by atoms with E-state index in [1.165, 1.54) is 57.8 Å². The van der Waals surface area contributed by atoms with Crippen molar-refractivity contribution in [1.82, 2.24) is 5.43 Å². The number of hydrogen-bond donors (Lipinski definition) is 1. The summed E-state index contributed by atoms with van der Waals surface area (Å²) in [5, 5.41) is 4.04. The SMILES string of the molecule is C#CCOc1ccc(Br)cc1/C=N/NC(=O)CCCCCCCCCCCCC. The maximum absolute atomic E-state index is 11.9. The molecular weight excluding hydrogens is 428 g/mol. The highest BCUT2D eigenvalue weighted by Crippen LogP contribution is 2.21. The minimum atomic E-state index is -0.0572. The number of hydrazone groups is 1. The van der Waals surface area contributed by atoms with Crippen LogP contribution in [-0.4, -0.2) is 18.7 Å². The maximum atomic E-state index is 11.9. The first-order valence-electron chi connectivity index (χ1n) is 10.8. The van der Waals surface area contributed by atoms with Crippen LogP contribution in [0.1, 0.15) is 89.5 Å². The van der Waals surface area contributed by atoms with Crippen molar-refractivity contribution in [2.24, 2.45) is 5.10 Å². The molecule has 0 unspecified atom stereocenters. The van der Waals surface area contributed by atoms with E-state index in [0.717, 1.165) is 22.9 Å². The molecule has 0 heterocycles. The standard InChI is InChI=1S/C24H35BrN2O2/c1-3-5-6-7-8-9-10-11-12-13-14-15-24(28)27-26-20-21-19-22(25)16-17-23(21)29-18-4-2/h2,16-17,19-20H,3,5-15,18H2,1H3,(H,27,28)/b26-20+. The third kappa shape index (κ3) is 13.1. The zero-order chi connectivity index (χ0) is 21.2. The Morgan fingerprint density at radius 2 is 1.72 bits per heavy atom. The Kier molecular flexibility index (Phi) is 14.9. The second-order valence-electron chi connectivity index (χ2n) is 7.25. The number of amides is 1. The first-order chi connectivity index (χ1) is 14.2. The second kappa shape index (κ2) is 17.1. The summed E-state index contributed by atoms with van der Waals surface area (Å²) < 4.78 is 6.38. The highest BCUT2D eigenvalue weighted by atomic mass is 79.9. The van der Waals surface area contributed by atoms with Gasteiger partial charge in [0.15, 0.2) is 0 Å². The number of rotatable bonds is 16. The summed E-state index contributed by atoms with van der Waals surface area (Å²) in [6.07, 6.45) is 21.3. The first kappa shape index (κ1) is 25.2. The van der Waals surface area contributed by atoms with E-state index >= 15 is 0 Å². The van der Waals surface area contributed by atoms with Crippen molar-refractivity contribution in [2.75, 3.05) is 6.61 Å². The molecule has 1 rings (SSSR count). The highest BCUT2D eigenvalue weighted by Gasteiger charge is 2.03. The van der Waals surface area contributed by atoms with Gasteiger partial charge in [-0.25, -0.2) is 5.43 Å². The molecule has 4 nitrogen and oxygen atoms in total. The van der Waals surface area contributed by atoms with Gasteiger partial charge in [0.25, 0.3) is 0 Å². The lowest BCUT2D eigenvalue weighted by Gasteiger charge is -2.06. The van der Waals surface area contributed by atoms with Crippen LogP contribution >= 0.6 is 15.9 Å². The molecule has 0 aliphatic carbocycles. The molecule has 1 aromatic carbocycles. The summed E-state index contributed by atoms with van der Waals surface area (Å²) >= 11 is 3.42. The quantitative estimate of drug-likeness (QED) is 0.130. The average molecular weight is 463 g/mol. The zero-order valence-corrected chi connectivity index (χ0v) is 19.3. The number of benzene rings is 1. The Labute approximate surface area is 185 Å². The van der Waals surface area contributed by atoms with E-state index in [1.54, 1.807) is 6.21 Å². The number of hydrogen-bond acceptors (Lipinski definition) is 3. The predicted octanol–water partition coefficient (Wildman–Crippen LogP) is 6.61. The van der Waals surface area contributed by atoms with E-state index in [0.29, 0.717) is 12.2 Å². The van der Waals surface area contributed by atoms with E-state index in [1.807, 2.05) is 18.2 Å². The molecule has 29 heavy (non-hydrogen) atoms. The third-order valence-electron chi connectivity index (χ3n) is 4.68. The molecule has 1 N–H and O–H groups in total. The molecular formula is C24H35BrN2O2. The molecule has 160 valence electrons. The fourth-order valence-electron chi connectivity index (χ4n) is 3.05. The molecule has 0 fully saturated rings. The number of nitrogens with zero attached hydrogens (tertiary/aromatic N) is 1. The van der Waals surface area contributed by atoms with Crippen LogP contribution < -0.4 is 10.2 Å². The van der Waals surface area contributed by atoms with Crippen LogP contribution in [0.15, 0.2) is 27.8 Å². The first-order valence-corrected chi connectivity index (χ1v) is 11.6. The number of unbranched alkanes of at least 4 members (excludes halogenated alkanes) is 10. The van der Waals surface area contributed by atoms with E-state index in [2.05, 4.69) is 39.3 Å². The molecule has 0 aromatic heterocycles. The van der Waals surface area contributed by atoms with Gasteiger partial charge in [-0.1, -0.05) is 93.0 Å². The van der Waals surface area contributed by atoms with Crippen molar-refractivity contribution in [3.05, 3.63) is 28.2 Å². The summed E-state index contributed by atoms with van der Waals surface area (Å²) in [5.74, 6) is 3.02. The van der Waals surface area contributed by atoms with Gasteiger partial charge in [0, 0.05) is 16.5 Å². The summed E-state index contributed by atoms with van der Waals surface area (Å²) in [7, 11) is 0. The van der Waals surface area contributed by atoms with Gasteiger partial charge in [0.05, 0.1) is 6.21 Å². The second-order valence-corrected chi connectivity index (χ2v) is 8.17. The average Bonchev–Trinajstić information content (AvgIpc) is 2.71. The summed E-state index contributed by atoms with van der Waals surface area (Å²) in [6.45, 7) is 2.44. The Morgan fingerprint density at radius 3 is 2.34 bits per heavy atom. The van der Waals surface area contributed by atoms with E-state index in [-0.39, 0.29) is 12.5 Å². The molecule has 1 amide bonds. The minimum Gasteiger partial charge on any atom is -0.480 e. The Bertz CT molecular complexity index is 653. The van der Waals surface area contributed by atoms with Crippen molar-refractivity contribution < 1.29 is 9.53 Å². The maximum Gasteiger partial charge on any atom is 0.240 e. The third-order valence-corrected chi connectivity index (χ3v) is 5.18. The van der Waals surface area contributed by atoms with Crippen molar-refractivity contribution >= 4 is 28.1 Å². The number of nitrogens with one attached hydrogen (secondary N) is 1. The monoisotopic (exact) mass is 462 g/mol. The molecule has 5 heteroatoms. The van der Waals surface area contributed by atoms with Crippen molar-refractivity contribution in [2.45, 2.75) is 84.0 Å².